The molecule has 18 heavy (non-hydrogen) atoms. The molecular formula is C14H16N2O2. The predicted octanol–water partition coefficient (Wildman–Crippen LogP) is 2.52. The summed E-state index contributed by atoms with van der Waals surface area (Å²) >= 11 is 0. The fourth-order valence-electron chi connectivity index (χ4n) is 1.82. The summed E-state index contributed by atoms with van der Waals surface area (Å²) in [6.07, 6.45) is 4.65. The number of aldehydes is 1. The standard InChI is InChI=1S/C14H16N2O2/c1-16(2)7-6-14-12(9-17)11-8-10(18-3)4-5-13(11)15-14/h4-9,15H,1-3H3. The zero-order valence-corrected chi connectivity index (χ0v) is 10.7. The van der Waals surface area contributed by atoms with Gasteiger partial charge < -0.3 is 14.6 Å². The van der Waals surface area contributed by atoms with Crippen LogP contribution in [0.5, 0.6) is 5.75 Å². The number of aromatic amines is 1. The van der Waals surface area contributed by atoms with E-state index in [1.165, 1.54) is 0 Å². The number of H-pyrrole nitrogens is 1. The van der Waals surface area contributed by atoms with E-state index < -0.39 is 0 Å². The summed E-state index contributed by atoms with van der Waals surface area (Å²) in [6, 6.07) is 5.64. The lowest BCUT2D eigenvalue weighted by Gasteiger charge is -2.02. The van der Waals surface area contributed by atoms with E-state index in [1.54, 1.807) is 7.11 Å². The van der Waals surface area contributed by atoms with Gasteiger partial charge in [-0.15, -0.1) is 0 Å². The Bertz CT molecular complexity index is 597. The highest BCUT2D eigenvalue weighted by atomic mass is 16.5. The van der Waals surface area contributed by atoms with Gasteiger partial charge in [0.1, 0.15) is 5.75 Å². The fourth-order valence-corrected chi connectivity index (χ4v) is 1.82. The Balaban J connectivity index is 2.58. The van der Waals surface area contributed by atoms with Gasteiger partial charge in [-0.2, -0.15) is 0 Å². The third-order valence-electron chi connectivity index (χ3n) is 2.73. The SMILES string of the molecule is COc1ccc2[nH]c(C=CN(C)C)c(C=O)c2c1. The maximum absolute atomic E-state index is 11.2. The molecule has 1 aromatic heterocycles. The number of nitrogens with zero attached hydrogens (tertiary/aromatic N) is 1. The van der Waals surface area contributed by atoms with E-state index in [4.69, 9.17) is 4.74 Å². The molecule has 94 valence electrons. The second-order valence-electron chi connectivity index (χ2n) is 4.26. The van der Waals surface area contributed by atoms with E-state index in [1.807, 2.05) is 49.5 Å². The summed E-state index contributed by atoms with van der Waals surface area (Å²) in [6.45, 7) is 0. The summed E-state index contributed by atoms with van der Waals surface area (Å²) < 4.78 is 5.17. The predicted molar refractivity (Wildman–Crippen MR) is 73.0 cm³/mol. The number of aromatic nitrogens is 1. The highest BCUT2D eigenvalue weighted by molar-refractivity contribution is 6.01. The third kappa shape index (κ3) is 2.22. The van der Waals surface area contributed by atoms with Crippen molar-refractivity contribution < 1.29 is 9.53 Å². The van der Waals surface area contributed by atoms with Gasteiger partial charge in [0.25, 0.3) is 0 Å². The molecule has 4 heteroatoms. The molecule has 1 N–H and O–H groups in total. The zero-order valence-electron chi connectivity index (χ0n) is 10.7. The number of carbonyl (C=O) groups is 1. The lowest BCUT2D eigenvalue weighted by Crippen LogP contribution is -1.99. The van der Waals surface area contributed by atoms with Crippen LogP contribution in [0.25, 0.3) is 17.0 Å². The first-order valence-electron chi connectivity index (χ1n) is 5.65. The zero-order chi connectivity index (χ0) is 13.1. The molecule has 0 aliphatic heterocycles. The second kappa shape index (κ2) is 4.96. The highest BCUT2D eigenvalue weighted by Gasteiger charge is 2.09. The van der Waals surface area contributed by atoms with Crippen molar-refractivity contribution >= 4 is 23.3 Å². The number of fused-ring (bicyclic) bond motifs is 1. The Labute approximate surface area is 106 Å². The van der Waals surface area contributed by atoms with Crippen LogP contribution in [0, 0.1) is 0 Å². The lowest BCUT2D eigenvalue weighted by atomic mass is 10.1. The number of methoxy groups -OCH3 is 1. The van der Waals surface area contributed by atoms with E-state index in [9.17, 15) is 4.79 Å². The molecule has 0 bridgehead atoms. The smallest absolute Gasteiger partial charge is 0.152 e. The molecule has 2 rings (SSSR count). The number of hydrogen-bond acceptors (Lipinski definition) is 3. The van der Waals surface area contributed by atoms with Crippen LogP contribution < -0.4 is 4.74 Å². The minimum atomic E-state index is 0.655. The summed E-state index contributed by atoms with van der Waals surface area (Å²) in [5, 5.41) is 0.878. The Morgan fingerprint density at radius 3 is 2.72 bits per heavy atom. The monoisotopic (exact) mass is 244 g/mol. The van der Waals surface area contributed by atoms with Gasteiger partial charge >= 0.3 is 0 Å². The highest BCUT2D eigenvalue weighted by Crippen LogP contribution is 2.26. The first-order valence-corrected chi connectivity index (χ1v) is 5.65. The number of ether oxygens (including phenoxy) is 1. The summed E-state index contributed by atoms with van der Waals surface area (Å²) in [5.74, 6) is 0.743. The maximum Gasteiger partial charge on any atom is 0.152 e. The first-order chi connectivity index (χ1) is 8.65. The summed E-state index contributed by atoms with van der Waals surface area (Å²) in [4.78, 5) is 16.4. The molecule has 0 fully saturated rings. The van der Waals surface area contributed by atoms with Gasteiger partial charge in [0.2, 0.25) is 0 Å². The van der Waals surface area contributed by atoms with Crippen molar-refractivity contribution in [2.75, 3.05) is 21.2 Å². The molecule has 1 aromatic carbocycles. The van der Waals surface area contributed by atoms with Gasteiger partial charge in [0.05, 0.1) is 12.8 Å². The molecule has 0 saturated heterocycles. The van der Waals surface area contributed by atoms with Crippen molar-refractivity contribution in [3.05, 3.63) is 35.7 Å². The van der Waals surface area contributed by atoms with Crippen molar-refractivity contribution in [1.82, 2.24) is 9.88 Å². The van der Waals surface area contributed by atoms with E-state index >= 15 is 0 Å². The largest absolute Gasteiger partial charge is 0.497 e. The van der Waals surface area contributed by atoms with E-state index in [0.29, 0.717) is 5.56 Å². The molecule has 0 aliphatic carbocycles. The van der Waals surface area contributed by atoms with E-state index in [2.05, 4.69) is 4.98 Å². The topological polar surface area (TPSA) is 45.3 Å². The molecular weight excluding hydrogens is 228 g/mol. The van der Waals surface area contributed by atoms with Gasteiger partial charge in [-0.05, 0) is 24.3 Å². The molecule has 0 spiro atoms. The first kappa shape index (κ1) is 12.2. The van der Waals surface area contributed by atoms with Crippen LogP contribution in [-0.4, -0.2) is 37.4 Å². The Morgan fingerprint density at radius 2 is 2.11 bits per heavy atom. The second-order valence-corrected chi connectivity index (χ2v) is 4.26. The average molecular weight is 244 g/mol. The van der Waals surface area contributed by atoms with Crippen LogP contribution in [0.15, 0.2) is 24.4 Å². The molecule has 2 aromatic rings. The van der Waals surface area contributed by atoms with Gasteiger partial charge in [0, 0.05) is 36.8 Å². The van der Waals surface area contributed by atoms with Crippen molar-refractivity contribution in [3.8, 4) is 5.75 Å². The van der Waals surface area contributed by atoms with Crippen LogP contribution in [0.4, 0.5) is 0 Å². The van der Waals surface area contributed by atoms with E-state index in [-0.39, 0.29) is 0 Å². The number of rotatable bonds is 4. The minimum absolute atomic E-state index is 0.655. The third-order valence-corrected chi connectivity index (χ3v) is 2.73. The molecule has 0 radical (unpaired) electrons. The van der Waals surface area contributed by atoms with Crippen molar-refractivity contribution in [1.29, 1.82) is 0 Å². The minimum Gasteiger partial charge on any atom is -0.497 e. The van der Waals surface area contributed by atoms with Gasteiger partial charge in [-0.3, -0.25) is 4.79 Å². The number of nitrogens with one attached hydrogen (secondary N) is 1. The summed E-state index contributed by atoms with van der Waals surface area (Å²) in [5.41, 5.74) is 2.39. The normalized spacial score (nSPS) is 11.1. The van der Waals surface area contributed by atoms with Crippen molar-refractivity contribution in [2.45, 2.75) is 0 Å². The van der Waals surface area contributed by atoms with Crippen LogP contribution in [-0.2, 0) is 0 Å². The quantitative estimate of drug-likeness (QED) is 0.840. The fraction of sp³-hybridized carbons (Fsp3) is 0.214. The molecule has 0 unspecified atom stereocenters. The van der Waals surface area contributed by atoms with Gasteiger partial charge in [-0.1, -0.05) is 0 Å². The number of benzene rings is 1. The van der Waals surface area contributed by atoms with Crippen LogP contribution >= 0.6 is 0 Å². The van der Waals surface area contributed by atoms with Crippen LogP contribution in [0.3, 0.4) is 0 Å². The molecule has 0 saturated carbocycles. The van der Waals surface area contributed by atoms with Gasteiger partial charge in [-0.25, -0.2) is 0 Å². The molecule has 0 atom stereocenters. The average Bonchev–Trinajstić information content (AvgIpc) is 2.72. The van der Waals surface area contributed by atoms with Gasteiger partial charge in [0.15, 0.2) is 6.29 Å². The van der Waals surface area contributed by atoms with Crippen molar-refractivity contribution in [2.24, 2.45) is 0 Å². The Morgan fingerprint density at radius 1 is 1.33 bits per heavy atom. The lowest BCUT2D eigenvalue weighted by molar-refractivity contribution is 0.112. The number of carbonyl (C=O) groups excluding carboxylic acids is 1. The Kier molecular flexibility index (Phi) is 3.37. The van der Waals surface area contributed by atoms with Crippen LogP contribution in [0.2, 0.25) is 0 Å². The maximum atomic E-state index is 11.2. The Hall–Kier alpha value is -2.23. The molecule has 1 heterocycles. The molecule has 4 nitrogen and oxygen atoms in total. The number of hydrogen-bond donors (Lipinski definition) is 1. The van der Waals surface area contributed by atoms with Crippen LogP contribution in [0.1, 0.15) is 16.1 Å². The van der Waals surface area contributed by atoms with E-state index in [0.717, 1.165) is 28.6 Å². The van der Waals surface area contributed by atoms with Crippen molar-refractivity contribution in [3.63, 3.8) is 0 Å². The molecule has 0 aliphatic rings. The summed E-state index contributed by atoms with van der Waals surface area (Å²) in [7, 11) is 5.48. The molecule has 0 amide bonds.